The maximum Gasteiger partial charge on any atom is 0.341 e. The first-order valence-electron chi connectivity index (χ1n) is 12.9. The number of nitrogens with one attached hydrogen (secondary N) is 1. The summed E-state index contributed by atoms with van der Waals surface area (Å²) in [5.41, 5.74) is 0.962. The number of pyridine rings is 2. The number of carboxylic acid groups (broad SMARTS) is 1. The van der Waals surface area contributed by atoms with Crippen LogP contribution in [0.4, 0.5) is 11.6 Å². The molecule has 202 valence electrons. The van der Waals surface area contributed by atoms with Crippen molar-refractivity contribution in [3.05, 3.63) is 51.2 Å². The highest BCUT2D eigenvalue weighted by Gasteiger charge is 2.35. The number of aromatic carboxylic acids is 1. The lowest BCUT2D eigenvalue weighted by molar-refractivity contribution is -0.120. The molecule has 4 aromatic rings. The molecule has 0 radical (unpaired) electrons. The van der Waals surface area contributed by atoms with Crippen molar-refractivity contribution < 1.29 is 14.7 Å². The summed E-state index contributed by atoms with van der Waals surface area (Å²) < 4.78 is 7.86. The zero-order valence-electron chi connectivity index (χ0n) is 22.0. The number of carbonyl (C=O) groups is 2. The van der Waals surface area contributed by atoms with Gasteiger partial charge in [0.05, 0.1) is 11.3 Å². The van der Waals surface area contributed by atoms with E-state index in [1.54, 1.807) is 17.6 Å². The van der Waals surface area contributed by atoms with Crippen molar-refractivity contribution in [2.75, 3.05) is 23.3 Å². The molecule has 2 aliphatic rings. The van der Waals surface area contributed by atoms with E-state index in [1.165, 1.54) is 6.20 Å². The number of carboxylic acids is 1. The summed E-state index contributed by atoms with van der Waals surface area (Å²) in [6.07, 6.45) is 3.35. The summed E-state index contributed by atoms with van der Waals surface area (Å²) in [4.78, 5) is 49.2. The minimum atomic E-state index is -1.31. The van der Waals surface area contributed by atoms with E-state index in [-0.39, 0.29) is 28.8 Å². The Labute approximate surface area is 227 Å². The topological polar surface area (TPSA) is 148 Å². The second kappa shape index (κ2) is 9.26. The van der Waals surface area contributed by atoms with Crippen LogP contribution in [0.2, 0.25) is 0 Å². The zero-order valence-corrected chi connectivity index (χ0v) is 22.8. The van der Waals surface area contributed by atoms with Crippen molar-refractivity contribution in [3.8, 4) is 5.13 Å². The molecule has 1 aliphatic carbocycles. The van der Waals surface area contributed by atoms with Crippen LogP contribution in [0.15, 0.2) is 23.1 Å². The largest absolute Gasteiger partial charge is 0.477 e. The predicted octanol–water partition coefficient (Wildman–Crippen LogP) is 3.28. The molecule has 1 saturated carbocycles. The molecular formula is C26H28N8O4S. The Bertz CT molecular complexity index is 1690. The van der Waals surface area contributed by atoms with Crippen LogP contribution in [0, 0.1) is 19.8 Å². The maximum absolute atomic E-state index is 13.1. The molecule has 6 rings (SSSR count). The van der Waals surface area contributed by atoms with Crippen molar-refractivity contribution in [2.45, 2.75) is 52.5 Å². The molecule has 0 spiro atoms. The number of aromatic nitrogens is 6. The van der Waals surface area contributed by atoms with Crippen LogP contribution in [0.1, 0.15) is 66.1 Å². The molecule has 39 heavy (non-hydrogen) atoms. The first kappa shape index (κ1) is 25.2. The van der Waals surface area contributed by atoms with E-state index in [0.717, 1.165) is 35.9 Å². The quantitative estimate of drug-likeness (QED) is 0.355. The minimum Gasteiger partial charge on any atom is -0.477 e. The fraction of sp³-hybridized carbons (Fsp3) is 0.423. The number of amides is 1. The third-order valence-corrected chi connectivity index (χ3v) is 7.92. The number of hydrogen-bond donors (Lipinski definition) is 2. The second-order valence-corrected chi connectivity index (χ2v) is 11.3. The molecule has 0 aromatic carbocycles. The lowest BCUT2D eigenvalue weighted by Gasteiger charge is -2.39. The molecule has 0 atom stereocenters. The van der Waals surface area contributed by atoms with Crippen LogP contribution in [0.25, 0.3) is 16.2 Å². The van der Waals surface area contributed by atoms with Gasteiger partial charge in [-0.1, -0.05) is 0 Å². The number of fused-ring (bicyclic) bond motifs is 1. The van der Waals surface area contributed by atoms with Gasteiger partial charge >= 0.3 is 5.97 Å². The Morgan fingerprint density at radius 1 is 1.15 bits per heavy atom. The summed E-state index contributed by atoms with van der Waals surface area (Å²) >= 11 is 1.15. The molecule has 5 heterocycles. The van der Waals surface area contributed by atoms with Crippen molar-refractivity contribution in [2.24, 2.45) is 5.92 Å². The van der Waals surface area contributed by atoms with E-state index in [0.29, 0.717) is 47.0 Å². The highest BCUT2D eigenvalue weighted by molar-refractivity contribution is 7.08. The minimum absolute atomic E-state index is 0.110. The van der Waals surface area contributed by atoms with Crippen LogP contribution in [-0.4, -0.2) is 58.8 Å². The molecule has 0 unspecified atom stereocenters. The molecule has 1 aliphatic heterocycles. The van der Waals surface area contributed by atoms with Gasteiger partial charge in [-0.3, -0.25) is 18.8 Å². The van der Waals surface area contributed by atoms with Crippen LogP contribution in [0.3, 0.4) is 0 Å². The van der Waals surface area contributed by atoms with E-state index in [1.807, 2.05) is 36.4 Å². The predicted molar refractivity (Wildman–Crippen MR) is 146 cm³/mol. The summed E-state index contributed by atoms with van der Waals surface area (Å²) in [6, 6.07) is 3.81. The molecule has 4 aromatic heterocycles. The third-order valence-electron chi connectivity index (χ3n) is 7.19. The van der Waals surface area contributed by atoms with Crippen LogP contribution >= 0.6 is 11.5 Å². The molecule has 2 fully saturated rings. The average Bonchev–Trinajstić information content (AvgIpc) is 3.45. The number of nitrogens with zero attached hydrogens (tertiary/aromatic N) is 7. The van der Waals surface area contributed by atoms with Crippen molar-refractivity contribution in [3.63, 3.8) is 0 Å². The Morgan fingerprint density at radius 3 is 2.54 bits per heavy atom. The SMILES string of the molecule is Cc1cc(N2CC(C(=O)Nc3cc(C)n(C(C)C)n3)C2)nc2c1c(=O)c(C(=O)O)cn2-c1nc(C2CC2)ns1. The van der Waals surface area contributed by atoms with Crippen molar-refractivity contribution in [1.29, 1.82) is 0 Å². The third kappa shape index (κ3) is 4.46. The molecular weight excluding hydrogens is 520 g/mol. The Balaban J connectivity index is 1.29. The zero-order chi connectivity index (χ0) is 27.6. The standard InChI is InChI=1S/C26H28N8O4S/c1-12(2)34-14(4)8-18(30-34)27-24(36)16-9-32(10-16)19-7-13(3)20-21(35)17(25(37)38)11-33(23(20)28-19)26-29-22(31-39-26)15-5-6-15/h7-8,11-12,15-16H,5-6,9-10H2,1-4H3,(H,37,38)(H,27,30,36). The first-order chi connectivity index (χ1) is 18.6. The van der Waals surface area contributed by atoms with Gasteiger partial charge in [0, 0.05) is 54.5 Å². The van der Waals surface area contributed by atoms with Gasteiger partial charge in [-0.25, -0.2) is 14.8 Å². The highest BCUT2D eigenvalue weighted by Crippen LogP contribution is 2.39. The lowest BCUT2D eigenvalue weighted by atomic mass is 9.98. The Kier molecular flexibility index (Phi) is 5.97. The highest BCUT2D eigenvalue weighted by atomic mass is 32.1. The molecule has 1 saturated heterocycles. The van der Waals surface area contributed by atoms with E-state index in [2.05, 4.69) is 19.8 Å². The van der Waals surface area contributed by atoms with Gasteiger partial charge in [0.2, 0.25) is 16.5 Å². The van der Waals surface area contributed by atoms with Gasteiger partial charge in [-0.15, -0.1) is 0 Å². The van der Waals surface area contributed by atoms with E-state index in [4.69, 9.17) is 4.98 Å². The summed E-state index contributed by atoms with van der Waals surface area (Å²) in [5, 5.41) is 17.8. The van der Waals surface area contributed by atoms with Crippen LogP contribution < -0.4 is 15.6 Å². The number of carbonyl (C=O) groups excluding carboxylic acids is 1. The van der Waals surface area contributed by atoms with Gasteiger partial charge in [-0.05, 0) is 52.2 Å². The summed E-state index contributed by atoms with van der Waals surface area (Å²) in [5.74, 6) is 0.539. The Morgan fingerprint density at radius 2 is 1.90 bits per heavy atom. The fourth-order valence-electron chi connectivity index (χ4n) is 4.90. The van der Waals surface area contributed by atoms with Gasteiger partial charge in [0.25, 0.3) is 0 Å². The molecule has 1 amide bonds. The van der Waals surface area contributed by atoms with Crippen LogP contribution in [0.5, 0.6) is 0 Å². The second-order valence-electron chi connectivity index (χ2n) is 10.6. The lowest BCUT2D eigenvalue weighted by Crippen LogP contribution is -2.52. The smallest absolute Gasteiger partial charge is 0.341 e. The van der Waals surface area contributed by atoms with Crippen molar-refractivity contribution in [1.82, 2.24) is 28.7 Å². The average molecular weight is 549 g/mol. The monoisotopic (exact) mass is 548 g/mol. The van der Waals surface area contributed by atoms with Crippen molar-refractivity contribution >= 4 is 46.1 Å². The van der Waals surface area contributed by atoms with E-state index in [9.17, 15) is 19.5 Å². The van der Waals surface area contributed by atoms with Gasteiger partial charge in [-0.2, -0.15) is 9.47 Å². The van der Waals surface area contributed by atoms with E-state index < -0.39 is 11.4 Å². The van der Waals surface area contributed by atoms with Gasteiger partial charge in [0.15, 0.2) is 11.5 Å². The number of aryl methyl sites for hydroxylation is 2. The molecule has 2 N–H and O–H groups in total. The Hall–Kier alpha value is -4.13. The molecule has 13 heteroatoms. The maximum atomic E-state index is 13.1. The molecule has 12 nitrogen and oxygen atoms in total. The summed E-state index contributed by atoms with van der Waals surface area (Å²) in [6.45, 7) is 8.69. The normalized spacial score (nSPS) is 15.7. The number of rotatable bonds is 7. The summed E-state index contributed by atoms with van der Waals surface area (Å²) in [7, 11) is 0. The number of anilines is 2. The van der Waals surface area contributed by atoms with Gasteiger partial charge in [0.1, 0.15) is 17.2 Å². The van der Waals surface area contributed by atoms with Gasteiger partial charge < -0.3 is 15.3 Å². The first-order valence-corrected chi connectivity index (χ1v) is 13.6. The molecule has 0 bridgehead atoms. The fourth-order valence-corrected chi connectivity index (χ4v) is 5.63. The van der Waals surface area contributed by atoms with E-state index >= 15 is 0 Å². The van der Waals surface area contributed by atoms with Crippen LogP contribution in [-0.2, 0) is 4.79 Å². The number of hydrogen-bond acceptors (Lipinski definition) is 9.